The summed E-state index contributed by atoms with van der Waals surface area (Å²) in [5, 5.41) is 12.2. The minimum Gasteiger partial charge on any atom is -0.480 e. The van der Waals surface area contributed by atoms with Gasteiger partial charge in [-0.15, -0.1) is 0 Å². The summed E-state index contributed by atoms with van der Waals surface area (Å²) in [5.41, 5.74) is -0.803. The summed E-state index contributed by atoms with van der Waals surface area (Å²) in [7, 11) is 1.73. The predicted molar refractivity (Wildman–Crippen MR) is 73.8 cm³/mol. The lowest BCUT2D eigenvalue weighted by Gasteiger charge is -2.35. The van der Waals surface area contributed by atoms with Crippen molar-refractivity contribution in [2.24, 2.45) is 0 Å². The van der Waals surface area contributed by atoms with Crippen molar-refractivity contribution in [3.05, 3.63) is 0 Å². The molecule has 18 heavy (non-hydrogen) atoms. The Morgan fingerprint density at radius 3 is 2.44 bits per heavy atom. The van der Waals surface area contributed by atoms with Crippen LogP contribution in [-0.4, -0.2) is 47.7 Å². The second kappa shape index (κ2) is 7.10. The highest BCUT2D eigenvalue weighted by atomic mass is 16.4. The highest BCUT2D eigenvalue weighted by Gasteiger charge is 2.32. The summed E-state index contributed by atoms with van der Waals surface area (Å²) in [4.78, 5) is 13.7. The molecule has 0 saturated heterocycles. The third kappa shape index (κ3) is 3.95. The van der Waals surface area contributed by atoms with Crippen LogP contribution in [0.3, 0.4) is 0 Å². The molecule has 0 heterocycles. The topological polar surface area (TPSA) is 52.6 Å². The molecule has 0 aromatic carbocycles. The maximum absolute atomic E-state index is 11.2. The maximum Gasteiger partial charge on any atom is 0.323 e. The summed E-state index contributed by atoms with van der Waals surface area (Å²) in [6, 6.07) is 0.665. The molecule has 1 fully saturated rings. The first-order chi connectivity index (χ1) is 8.53. The molecule has 0 amide bonds. The van der Waals surface area contributed by atoms with Crippen LogP contribution in [0.2, 0.25) is 0 Å². The molecule has 1 aliphatic rings. The predicted octanol–water partition coefficient (Wildman–Crippen LogP) is 2.09. The van der Waals surface area contributed by atoms with Crippen molar-refractivity contribution in [1.29, 1.82) is 0 Å². The number of nitrogens with zero attached hydrogens (tertiary/aromatic N) is 1. The Bertz CT molecular complexity index is 265. The van der Waals surface area contributed by atoms with Gasteiger partial charge in [0.2, 0.25) is 0 Å². The average Bonchev–Trinajstić information content (AvgIpc) is 2.40. The number of carbonyl (C=O) groups is 1. The van der Waals surface area contributed by atoms with Crippen molar-refractivity contribution in [3.8, 4) is 0 Å². The Kier molecular flexibility index (Phi) is 6.09. The minimum atomic E-state index is -0.803. The van der Waals surface area contributed by atoms with E-state index < -0.39 is 11.5 Å². The highest BCUT2D eigenvalue weighted by molar-refractivity contribution is 5.78. The van der Waals surface area contributed by atoms with Gasteiger partial charge in [-0.3, -0.25) is 4.79 Å². The zero-order chi connectivity index (χ0) is 13.6. The fourth-order valence-corrected chi connectivity index (χ4v) is 2.75. The third-order valence-corrected chi connectivity index (χ3v) is 4.42. The molecule has 1 aliphatic carbocycles. The first kappa shape index (κ1) is 15.4. The Morgan fingerprint density at radius 1 is 1.39 bits per heavy atom. The van der Waals surface area contributed by atoms with E-state index in [1.807, 2.05) is 0 Å². The average molecular weight is 256 g/mol. The lowest BCUT2D eigenvalue weighted by atomic mass is 9.92. The molecule has 2 N–H and O–H groups in total. The number of carboxylic acids is 1. The molecule has 1 atom stereocenters. The van der Waals surface area contributed by atoms with Crippen LogP contribution in [0.1, 0.15) is 52.4 Å². The Hall–Kier alpha value is -0.610. The Labute approximate surface area is 111 Å². The third-order valence-electron chi connectivity index (χ3n) is 4.42. The van der Waals surface area contributed by atoms with Crippen LogP contribution >= 0.6 is 0 Å². The van der Waals surface area contributed by atoms with Crippen LogP contribution in [0.5, 0.6) is 0 Å². The van der Waals surface area contributed by atoms with Crippen molar-refractivity contribution >= 4 is 5.97 Å². The van der Waals surface area contributed by atoms with Crippen LogP contribution < -0.4 is 5.32 Å². The molecule has 0 radical (unpaired) electrons. The fraction of sp³-hybridized carbons (Fsp3) is 0.929. The summed E-state index contributed by atoms with van der Waals surface area (Å²) in [6.45, 7) is 5.82. The number of nitrogens with one attached hydrogen (secondary N) is 1. The molecule has 106 valence electrons. The smallest absolute Gasteiger partial charge is 0.323 e. The number of likely N-dealkylation sites (N-methyl/N-ethyl adjacent to an activating group) is 1. The van der Waals surface area contributed by atoms with Crippen molar-refractivity contribution in [2.75, 3.05) is 20.1 Å². The first-order valence-corrected chi connectivity index (χ1v) is 7.20. The van der Waals surface area contributed by atoms with Crippen molar-refractivity contribution in [3.63, 3.8) is 0 Å². The zero-order valence-corrected chi connectivity index (χ0v) is 12.0. The molecule has 0 spiro atoms. The van der Waals surface area contributed by atoms with Crippen LogP contribution in [0.4, 0.5) is 0 Å². The Morgan fingerprint density at radius 2 is 2.00 bits per heavy atom. The van der Waals surface area contributed by atoms with E-state index in [0.717, 1.165) is 13.1 Å². The van der Waals surface area contributed by atoms with E-state index in [-0.39, 0.29) is 0 Å². The molecule has 1 rings (SSSR count). The molecule has 0 aliphatic heterocycles. The lowest BCUT2D eigenvalue weighted by Crippen LogP contribution is -2.50. The molecular weight excluding hydrogens is 228 g/mol. The molecule has 0 aromatic rings. The largest absolute Gasteiger partial charge is 0.480 e. The van der Waals surface area contributed by atoms with Crippen molar-refractivity contribution < 1.29 is 9.90 Å². The van der Waals surface area contributed by atoms with E-state index in [9.17, 15) is 9.90 Å². The maximum atomic E-state index is 11.2. The van der Waals surface area contributed by atoms with Gasteiger partial charge in [-0.05, 0) is 39.8 Å². The first-order valence-electron chi connectivity index (χ1n) is 7.20. The quantitative estimate of drug-likeness (QED) is 0.732. The highest BCUT2D eigenvalue weighted by Crippen LogP contribution is 2.23. The lowest BCUT2D eigenvalue weighted by molar-refractivity contribution is -0.144. The molecule has 4 heteroatoms. The van der Waals surface area contributed by atoms with Crippen LogP contribution in [0.25, 0.3) is 0 Å². The SMILES string of the molecule is CCN(CCC(C)(NC)C(=O)O)C1CCCCC1. The number of carboxylic acid groups (broad SMARTS) is 1. The summed E-state index contributed by atoms with van der Waals surface area (Å²) in [5.74, 6) is -0.760. The van der Waals surface area contributed by atoms with Gasteiger partial charge < -0.3 is 15.3 Å². The minimum absolute atomic E-state index is 0.656. The van der Waals surface area contributed by atoms with E-state index in [2.05, 4.69) is 17.1 Å². The Balaban J connectivity index is 2.50. The standard InChI is InChI=1S/C14H28N2O2/c1-4-16(12-8-6-5-7-9-12)11-10-14(2,15-3)13(17)18/h12,15H,4-11H2,1-3H3,(H,17,18). The van der Waals surface area contributed by atoms with Gasteiger partial charge in [0.25, 0.3) is 0 Å². The van der Waals surface area contributed by atoms with E-state index in [1.165, 1.54) is 32.1 Å². The van der Waals surface area contributed by atoms with Gasteiger partial charge in [0, 0.05) is 12.6 Å². The summed E-state index contributed by atoms with van der Waals surface area (Å²) in [6.07, 6.45) is 7.21. The zero-order valence-electron chi connectivity index (χ0n) is 12.0. The van der Waals surface area contributed by atoms with Crippen LogP contribution in [0.15, 0.2) is 0 Å². The normalized spacial score (nSPS) is 20.9. The second-order valence-electron chi connectivity index (χ2n) is 5.56. The monoisotopic (exact) mass is 256 g/mol. The number of aliphatic carboxylic acids is 1. The van der Waals surface area contributed by atoms with Gasteiger partial charge in [-0.2, -0.15) is 0 Å². The van der Waals surface area contributed by atoms with Crippen molar-refractivity contribution in [2.45, 2.75) is 64.0 Å². The van der Waals surface area contributed by atoms with Gasteiger partial charge in [0.05, 0.1) is 0 Å². The van der Waals surface area contributed by atoms with Gasteiger partial charge in [-0.25, -0.2) is 0 Å². The van der Waals surface area contributed by atoms with Gasteiger partial charge in [0.1, 0.15) is 5.54 Å². The molecule has 0 bridgehead atoms. The van der Waals surface area contributed by atoms with Gasteiger partial charge in [-0.1, -0.05) is 26.2 Å². The molecule has 1 unspecified atom stereocenters. The molecule has 1 saturated carbocycles. The van der Waals surface area contributed by atoms with Crippen LogP contribution in [-0.2, 0) is 4.79 Å². The van der Waals surface area contributed by atoms with E-state index >= 15 is 0 Å². The number of hydrogen-bond acceptors (Lipinski definition) is 3. The number of hydrogen-bond donors (Lipinski definition) is 2. The molecule has 0 aromatic heterocycles. The molecule has 4 nitrogen and oxygen atoms in total. The summed E-state index contributed by atoms with van der Waals surface area (Å²) >= 11 is 0. The van der Waals surface area contributed by atoms with Crippen molar-refractivity contribution in [1.82, 2.24) is 10.2 Å². The van der Waals surface area contributed by atoms with Gasteiger partial charge in [0.15, 0.2) is 0 Å². The number of rotatable bonds is 7. The van der Waals surface area contributed by atoms with E-state index in [0.29, 0.717) is 12.5 Å². The van der Waals surface area contributed by atoms with Crippen LogP contribution in [0, 0.1) is 0 Å². The van der Waals surface area contributed by atoms with E-state index in [4.69, 9.17) is 0 Å². The van der Waals surface area contributed by atoms with E-state index in [1.54, 1.807) is 14.0 Å². The van der Waals surface area contributed by atoms with Gasteiger partial charge >= 0.3 is 5.97 Å². The summed E-state index contributed by atoms with van der Waals surface area (Å²) < 4.78 is 0. The fourth-order valence-electron chi connectivity index (χ4n) is 2.75. The second-order valence-corrected chi connectivity index (χ2v) is 5.56. The molecular formula is C14H28N2O2.